The quantitative estimate of drug-likeness (QED) is 0.791. The first-order chi connectivity index (χ1) is 9.15. The summed E-state index contributed by atoms with van der Waals surface area (Å²) in [5.74, 6) is -0.103. The number of hydrazine groups is 1. The number of hydrogen-bond acceptors (Lipinski definition) is 4. The molecule has 104 valence electrons. The fourth-order valence-electron chi connectivity index (χ4n) is 2.12. The Bertz CT molecular complexity index is 401. The van der Waals surface area contributed by atoms with Gasteiger partial charge in [-0.25, -0.2) is 5.01 Å². The van der Waals surface area contributed by atoms with Crippen LogP contribution in [0.25, 0.3) is 0 Å². The molecule has 1 aliphatic rings. The smallest absolute Gasteiger partial charge is 0.251 e. The number of nitrogens with two attached hydrogens (primary N) is 1. The molecule has 1 fully saturated rings. The van der Waals surface area contributed by atoms with Crippen molar-refractivity contribution in [3.8, 4) is 0 Å². The van der Waals surface area contributed by atoms with E-state index in [0.717, 1.165) is 31.7 Å². The second kappa shape index (κ2) is 6.65. The number of nitrogens with one attached hydrogen (secondary N) is 1. The van der Waals surface area contributed by atoms with Crippen LogP contribution >= 0.6 is 0 Å². The van der Waals surface area contributed by atoms with Gasteiger partial charge in [0.15, 0.2) is 0 Å². The van der Waals surface area contributed by atoms with Gasteiger partial charge in [0, 0.05) is 26.2 Å². The zero-order valence-corrected chi connectivity index (χ0v) is 11.4. The molecule has 1 aromatic rings. The van der Waals surface area contributed by atoms with Gasteiger partial charge in [0.05, 0.1) is 6.04 Å². The van der Waals surface area contributed by atoms with E-state index in [0.29, 0.717) is 6.42 Å². The minimum absolute atomic E-state index is 0.103. The molecule has 2 rings (SSSR count). The van der Waals surface area contributed by atoms with E-state index in [1.54, 1.807) is 0 Å². The number of piperazine rings is 1. The zero-order chi connectivity index (χ0) is 13.7. The third-order valence-electron chi connectivity index (χ3n) is 3.41. The van der Waals surface area contributed by atoms with Crippen molar-refractivity contribution in [3.05, 3.63) is 35.9 Å². The fraction of sp³-hybridized carbons (Fsp3) is 0.500. The van der Waals surface area contributed by atoms with Gasteiger partial charge >= 0.3 is 0 Å². The standard InChI is InChI=1S/C14H22N4O/c1-17-7-9-18(10-8-17)16-14(19)13(15)11-12-5-3-2-4-6-12/h2-6,13H,7-11,15H2,1H3,(H,16,19). The topological polar surface area (TPSA) is 61.6 Å². The van der Waals surface area contributed by atoms with E-state index < -0.39 is 6.04 Å². The number of likely N-dealkylation sites (N-methyl/N-ethyl adjacent to an activating group) is 1. The van der Waals surface area contributed by atoms with E-state index >= 15 is 0 Å². The molecule has 0 radical (unpaired) electrons. The monoisotopic (exact) mass is 262 g/mol. The molecule has 0 aliphatic carbocycles. The van der Waals surface area contributed by atoms with Gasteiger partial charge in [-0.05, 0) is 19.0 Å². The molecule has 3 N–H and O–H groups in total. The maximum Gasteiger partial charge on any atom is 0.251 e. The minimum Gasteiger partial charge on any atom is -0.320 e. The van der Waals surface area contributed by atoms with Crippen LogP contribution in [-0.2, 0) is 11.2 Å². The van der Waals surface area contributed by atoms with Gasteiger partial charge in [0.1, 0.15) is 0 Å². The van der Waals surface area contributed by atoms with Gasteiger partial charge in [-0.1, -0.05) is 30.3 Å². The second-order valence-corrected chi connectivity index (χ2v) is 5.06. The Hall–Kier alpha value is -1.43. The number of nitrogens with zero attached hydrogens (tertiary/aromatic N) is 2. The molecule has 0 saturated carbocycles. The van der Waals surface area contributed by atoms with Crippen molar-refractivity contribution < 1.29 is 4.79 Å². The van der Waals surface area contributed by atoms with Gasteiger partial charge in [-0.3, -0.25) is 10.2 Å². The summed E-state index contributed by atoms with van der Waals surface area (Å²) < 4.78 is 0. The van der Waals surface area contributed by atoms with Gasteiger partial charge < -0.3 is 10.6 Å². The van der Waals surface area contributed by atoms with E-state index in [1.807, 2.05) is 35.3 Å². The van der Waals surface area contributed by atoms with E-state index in [9.17, 15) is 4.79 Å². The van der Waals surface area contributed by atoms with Crippen LogP contribution in [0.5, 0.6) is 0 Å². The highest BCUT2D eigenvalue weighted by Crippen LogP contribution is 2.02. The normalized spacial score (nSPS) is 19.1. The van der Waals surface area contributed by atoms with Crippen molar-refractivity contribution >= 4 is 5.91 Å². The maximum absolute atomic E-state index is 12.0. The van der Waals surface area contributed by atoms with Crippen LogP contribution in [0.3, 0.4) is 0 Å². The highest BCUT2D eigenvalue weighted by atomic mass is 16.2. The third-order valence-corrected chi connectivity index (χ3v) is 3.41. The van der Waals surface area contributed by atoms with E-state index in [4.69, 9.17) is 5.73 Å². The Morgan fingerprint density at radius 2 is 1.89 bits per heavy atom. The lowest BCUT2D eigenvalue weighted by atomic mass is 10.1. The summed E-state index contributed by atoms with van der Waals surface area (Å²) in [6.07, 6.45) is 0.570. The van der Waals surface area contributed by atoms with Crippen molar-refractivity contribution in [2.24, 2.45) is 5.73 Å². The molecule has 1 heterocycles. The molecule has 5 nitrogen and oxygen atoms in total. The largest absolute Gasteiger partial charge is 0.320 e. The third kappa shape index (κ3) is 4.31. The first-order valence-corrected chi connectivity index (χ1v) is 6.68. The van der Waals surface area contributed by atoms with Crippen LogP contribution in [0.15, 0.2) is 30.3 Å². The van der Waals surface area contributed by atoms with Gasteiger partial charge in [-0.15, -0.1) is 0 Å². The minimum atomic E-state index is -0.498. The van der Waals surface area contributed by atoms with E-state index in [2.05, 4.69) is 17.4 Å². The van der Waals surface area contributed by atoms with Crippen LogP contribution in [0, 0.1) is 0 Å². The Balaban J connectivity index is 1.79. The number of benzene rings is 1. The molecule has 1 atom stereocenters. The summed E-state index contributed by atoms with van der Waals surface area (Å²) in [6.45, 7) is 3.63. The second-order valence-electron chi connectivity index (χ2n) is 5.06. The van der Waals surface area contributed by atoms with Crippen LogP contribution in [0.1, 0.15) is 5.56 Å². The van der Waals surface area contributed by atoms with Crippen molar-refractivity contribution in [2.45, 2.75) is 12.5 Å². The molecule has 1 aromatic carbocycles. The molecule has 19 heavy (non-hydrogen) atoms. The van der Waals surface area contributed by atoms with Crippen molar-refractivity contribution in [2.75, 3.05) is 33.2 Å². The Labute approximate surface area is 114 Å². The molecule has 0 spiro atoms. The Kier molecular flexibility index (Phi) is 4.90. The first kappa shape index (κ1) is 14.0. The predicted molar refractivity (Wildman–Crippen MR) is 75.3 cm³/mol. The molecule has 1 unspecified atom stereocenters. The number of carbonyl (C=O) groups is 1. The summed E-state index contributed by atoms with van der Waals surface area (Å²) in [5, 5.41) is 1.95. The summed E-state index contributed by atoms with van der Waals surface area (Å²) in [5.41, 5.74) is 9.93. The zero-order valence-electron chi connectivity index (χ0n) is 11.4. The average Bonchev–Trinajstić information content (AvgIpc) is 2.42. The lowest BCUT2D eigenvalue weighted by Gasteiger charge is -2.33. The number of hydrogen-bond donors (Lipinski definition) is 2. The summed E-state index contributed by atoms with van der Waals surface area (Å²) in [6, 6.07) is 9.36. The number of amides is 1. The fourth-order valence-corrected chi connectivity index (χ4v) is 2.12. The van der Waals surface area contributed by atoms with Crippen molar-refractivity contribution in [3.63, 3.8) is 0 Å². The van der Waals surface area contributed by atoms with Crippen LogP contribution in [0.4, 0.5) is 0 Å². The predicted octanol–water partition coefficient (Wildman–Crippen LogP) is -0.165. The maximum atomic E-state index is 12.0. The number of rotatable bonds is 4. The molecule has 1 saturated heterocycles. The lowest BCUT2D eigenvalue weighted by Crippen LogP contribution is -2.56. The van der Waals surface area contributed by atoms with Crippen LogP contribution in [0.2, 0.25) is 0 Å². The lowest BCUT2D eigenvalue weighted by molar-refractivity contribution is -0.128. The Morgan fingerprint density at radius 3 is 2.53 bits per heavy atom. The highest BCUT2D eigenvalue weighted by molar-refractivity contribution is 5.81. The molecule has 5 heteroatoms. The molecule has 0 bridgehead atoms. The first-order valence-electron chi connectivity index (χ1n) is 6.68. The number of carbonyl (C=O) groups excluding carboxylic acids is 1. The van der Waals surface area contributed by atoms with Crippen molar-refractivity contribution in [1.29, 1.82) is 0 Å². The molecule has 1 aliphatic heterocycles. The Morgan fingerprint density at radius 1 is 1.26 bits per heavy atom. The summed E-state index contributed by atoms with van der Waals surface area (Å²) in [4.78, 5) is 14.2. The summed E-state index contributed by atoms with van der Waals surface area (Å²) >= 11 is 0. The molecular formula is C14H22N4O. The van der Waals surface area contributed by atoms with E-state index in [1.165, 1.54) is 0 Å². The molecule has 1 amide bonds. The van der Waals surface area contributed by atoms with Crippen molar-refractivity contribution in [1.82, 2.24) is 15.3 Å². The van der Waals surface area contributed by atoms with Crippen LogP contribution in [-0.4, -0.2) is 55.1 Å². The van der Waals surface area contributed by atoms with Gasteiger partial charge in [0.2, 0.25) is 0 Å². The molecular weight excluding hydrogens is 240 g/mol. The summed E-state index contributed by atoms with van der Waals surface area (Å²) in [7, 11) is 2.08. The van der Waals surface area contributed by atoms with E-state index in [-0.39, 0.29) is 5.91 Å². The average molecular weight is 262 g/mol. The molecule has 0 aromatic heterocycles. The SMILES string of the molecule is CN1CCN(NC(=O)C(N)Cc2ccccc2)CC1. The van der Waals surface area contributed by atoms with Gasteiger partial charge in [-0.2, -0.15) is 0 Å². The van der Waals surface area contributed by atoms with Crippen LogP contribution < -0.4 is 11.2 Å². The highest BCUT2D eigenvalue weighted by Gasteiger charge is 2.19. The van der Waals surface area contributed by atoms with Gasteiger partial charge in [0.25, 0.3) is 5.91 Å².